The van der Waals surface area contributed by atoms with Crippen LogP contribution in [0.3, 0.4) is 0 Å². The van der Waals surface area contributed by atoms with Gasteiger partial charge in [-0.3, -0.25) is 14.5 Å². The van der Waals surface area contributed by atoms with E-state index in [0.29, 0.717) is 17.8 Å². The SMILES string of the molecule is CC[C@@H]1CN(C)[C@H]2Cc3c([nH]c4ccccc34)[C@H](c3cc4[nH]c5c(c4cc3OC)CCN3C[C@H]4C[C@H](CC)[C@H]3[C@@]5(C(=O)OC)C4)C[C@H]1[C@@H]2C(=O)OC. The number of hydrogen-bond donors (Lipinski definition) is 2. The Hall–Kier alpha value is -3.82. The predicted octanol–water partition coefficient (Wildman–Crippen LogP) is 6.57. The number of benzene rings is 2. The second-order valence-electron chi connectivity index (χ2n) is 16.7. The van der Waals surface area contributed by atoms with Gasteiger partial charge in [-0.2, -0.15) is 0 Å². The maximum absolute atomic E-state index is 14.2. The van der Waals surface area contributed by atoms with Gasteiger partial charge in [0.25, 0.3) is 0 Å². The summed E-state index contributed by atoms with van der Waals surface area (Å²) in [6.45, 7) is 7.49. The number of aromatic amines is 2. The molecule has 2 N–H and O–H groups in total. The zero-order chi connectivity index (χ0) is 36.1. The number of rotatable bonds is 6. The van der Waals surface area contributed by atoms with Gasteiger partial charge >= 0.3 is 11.9 Å². The Bertz CT molecular complexity index is 2050. The normalized spacial score (nSPS) is 33.8. The van der Waals surface area contributed by atoms with E-state index in [1.54, 1.807) is 21.3 Å². The number of hydrogen-bond acceptors (Lipinski definition) is 7. The van der Waals surface area contributed by atoms with Crippen molar-refractivity contribution in [2.75, 3.05) is 48.0 Å². The molecule has 6 heterocycles. The van der Waals surface area contributed by atoms with Gasteiger partial charge in [-0.15, -0.1) is 0 Å². The highest BCUT2D eigenvalue weighted by molar-refractivity contribution is 5.93. The number of nitrogens with one attached hydrogen (secondary N) is 2. The van der Waals surface area contributed by atoms with Crippen LogP contribution in [0.25, 0.3) is 21.8 Å². The Morgan fingerprint density at radius 3 is 2.48 bits per heavy atom. The molecule has 0 amide bonds. The van der Waals surface area contributed by atoms with Gasteiger partial charge < -0.3 is 29.1 Å². The summed E-state index contributed by atoms with van der Waals surface area (Å²) in [5.74, 6) is 1.79. The molecule has 3 saturated heterocycles. The van der Waals surface area contributed by atoms with Crippen molar-refractivity contribution >= 4 is 33.7 Å². The molecule has 2 aromatic heterocycles. The molecule has 10 atom stereocenters. The summed E-state index contributed by atoms with van der Waals surface area (Å²) in [6, 6.07) is 13.3. The smallest absolute Gasteiger partial charge is 0.319 e. The average Bonchev–Trinajstić information content (AvgIpc) is 3.69. The predicted molar refractivity (Wildman–Crippen MR) is 202 cm³/mol. The number of nitrogens with zero attached hydrogens (tertiary/aromatic N) is 2. The quantitative estimate of drug-likeness (QED) is 0.219. The fourth-order valence-electron chi connectivity index (χ4n) is 12.4. The number of para-hydroxylation sites is 1. The standard InChI is InChI=1S/C43H54N4O5/c1-7-24-15-23-20-43(42(49)52-6)39-27(13-14-47(21-23)40(24)43)29-19-36(50-4)30(17-34(29)45-39)31-16-28-25(8-2)22-46(3)35(37(28)41(48)51-5)18-32-26-11-9-10-12-33(26)44-38(31)32/h9-12,17,19,23-25,28,31,35,37,40,44-45H,7-8,13-16,18,20-22H2,1-6H3/t23-,24-,25+,28+,31-,35-,37-,40-,43+/m0/s1. The molecular formula is C43H54N4O5. The molecule has 4 aliphatic heterocycles. The molecule has 6 aliphatic rings. The van der Waals surface area contributed by atoms with E-state index in [1.807, 2.05) is 0 Å². The molecule has 10 rings (SSSR count). The van der Waals surface area contributed by atoms with Crippen LogP contribution in [0.15, 0.2) is 36.4 Å². The number of ether oxygens (including phenoxy) is 3. The van der Waals surface area contributed by atoms with E-state index in [2.05, 4.69) is 77.1 Å². The Balaban J connectivity index is 1.26. The first-order chi connectivity index (χ1) is 25.3. The zero-order valence-electron chi connectivity index (χ0n) is 31.6. The molecule has 2 aliphatic carbocycles. The topological polar surface area (TPSA) is 99.9 Å². The first-order valence-corrected chi connectivity index (χ1v) is 19.7. The summed E-state index contributed by atoms with van der Waals surface area (Å²) in [6.07, 6.45) is 6.50. The minimum atomic E-state index is -0.718. The third kappa shape index (κ3) is 4.73. The van der Waals surface area contributed by atoms with Gasteiger partial charge in [-0.05, 0) is 92.1 Å². The van der Waals surface area contributed by atoms with Gasteiger partial charge in [0.15, 0.2) is 0 Å². The Morgan fingerprint density at radius 2 is 1.73 bits per heavy atom. The van der Waals surface area contributed by atoms with E-state index in [0.717, 1.165) is 91.6 Å². The van der Waals surface area contributed by atoms with Crippen LogP contribution in [-0.2, 0) is 37.3 Å². The summed E-state index contributed by atoms with van der Waals surface area (Å²) in [7, 11) is 7.06. The number of likely N-dealkylation sites (N-methyl/N-ethyl adjacent to an activating group) is 1. The lowest BCUT2D eigenvalue weighted by atomic mass is 9.56. The molecular weight excluding hydrogens is 652 g/mol. The van der Waals surface area contributed by atoms with E-state index in [-0.39, 0.29) is 41.8 Å². The van der Waals surface area contributed by atoms with Crippen molar-refractivity contribution in [1.82, 2.24) is 19.8 Å². The first kappa shape index (κ1) is 34.0. The highest BCUT2D eigenvalue weighted by Gasteiger charge is 2.63. The second-order valence-corrected chi connectivity index (χ2v) is 16.7. The number of carbonyl (C=O) groups is 2. The number of aromatic nitrogens is 2. The summed E-state index contributed by atoms with van der Waals surface area (Å²) in [5, 5.41) is 2.35. The van der Waals surface area contributed by atoms with E-state index >= 15 is 0 Å². The largest absolute Gasteiger partial charge is 0.496 e. The van der Waals surface area contributed by atoms with Gasteiger partial charge in [0.05, 0.1) is 27.2 Å². The zero-order valence-corrected chi connectivity index (χ0v) is 31.6. The lowest BCUT2D eigenvalue weighted by molar-refractivity contribution is -0.162. The molecule has 4 fully saturated rings. The van der Waals surface area contributed by atoms with Crippen molar-refractivity contribution < 1.29 is 23.8 Å². The van der Waals surface area contributed by atoms with E-state index in [9.17, 15) is 9.59 Å². The maximum Gasteiger partial charge on any atom is 0.319 e. The number of fused-ring (bicyclic) bond motifs is 9. The fourth-order valence-corrected chi connectivity index (χ4v) is 12.4. The third-order valence-corrected chi connectivity index (χ3v) is 14.6. The second kappa shape index (κ2) is 12.7. The number of H-pyrrole nitrogens is 2. The number of carbonyl (C=O) groups excluding carboxylic acids is 2. The summed E-state index contributed by atoms with van der Waals surface area (Å²) in [5.41, 5.74) is 7.34. The van der Waals surface area contributed by atoms with E-state index in [1.165, 1.54) is 28.6 Å². The monoisotopic (exact) mass is 706 g/mol. The molecule has 0 radical (unpaired) electrons. The van der Waals surface area contributed by atoms with Crippen molar-refractivity contribution in [2.24, 2.45) is 29.6 Å². The number of esters is 2. The number of methoxy groups -OCH3 is 3. The van der Waals surface area contributed by atoms with Crippen molar-refractivity contribution in [2.45, 2.75) is 82.2 Å². The molecule has 9 heteroatoms. The van der Waals surface area contributed by atoms with Crippen LogP contribution in [0.1, 0.15) is 79.9 Å². The Morgan fingerprint density at radius 1 is 0.923 bits per heavy atom. The highest BCUT2D eigenvalue weighted by atomic mass is 16.5. The number of likely N-dealkylation sites (tertiary alicyclic amines) is 1. The molecule has 9 nitrogen and oxygen atoms in total. The van der Waals surface area contributed by atoms with Gasteiger partial charge in [0, 0.05) is 76.4 Å². The molecule has 276 valence electrons. The van der Waals surface area contributed by atoms with Crippen LogP contribution < -0.4 is 4.74 Å². The van der Waals surface area contributed by atoms with Crippen molar-refractivity contribution in [3.8, 4) is 5.75 Å². The Kier molecular flexibility index (Phi) is 8.27. The molecule has 4 aromatic rings. The van der Waals surface area contributed by atoms with Crippen molar-refractivity contribution in [3.63, 3.8) is 0 Å². The van der Waals surface area contributed by atoms with Crippen LogP contribution >= 0.6 is 0 Å². The van der Waals surface area contributed by atoms with Crippen molar-refractivity contribution in [3.05, 3.63) is 64.5 Å². The van der Waals surface area contributed by atoms with E-state index < -0.39 is 5.41 Å². The van der Waals surface area contributed by atoms with Crippen LogP contribution in [0.2, 0.25) is 0 Å². The Labute approximate surface area is 306 Å². The van der Waals surface area contributed by atoms with Gasteiger partial charge in [-0.1, -0.05) is 44.9 Å². The third-order valence-electron chi connectivity index (χ3n) is 14.6. The fraction of sp³-hybridized carbons (Fsp3) is 0.581. The molecule has 1 saturated carbocycles. The van der Waals surface area contributed by atoms with Crippen LogP contribution in [0, 0.1) is 29.6 Å². The summed E-state index contributed by atoms with van der Waals surface area (Å²) in [4.78, 5) is 40.9. The van der Waals surface area contributed by atoms with E-state index in [4.69, 9.17) is 14.2 Å². The lowest BCUT2D eigenvalue weighted by Gasteiger charge is -2.57. The minimum Gasteiger partial charge on any atom is -0.496 e. The maximum atomic E-state index is 14.2. The molecule has 2 aromatic carbocycles. The minimum absolute atomic E-state index is 0.0411. The average molecular weight is 707 g/mol. The van der Waals surface area contributed by atoms with Crippen LogP contribution in [-0.4, -0.2) is 91.8 Å². The summed E-state index contributed by atoms with van der Waals surface area (Å²) < 4.78 is 17.7. The number of piperidine rings is 3. The molecule has 1 unspecified atom stereocenters. The van der Waals surface area contributed by atoms with Crippen LogP contribution in [0.4, 0.5) is 0 Å². The van der Waals surface area contributed by atoms with Crippen molar-refractivity contribution in [1.29, 1.82) is 0 Å². The highest BCUT2D eigenvalue weighted by Crippen LogP contribution is 2.56. The molecule has 0 spiro atoms. The lowest BCUT2D eigenvalue weighted by Crippen LogP contribution is -2.67. The first-order valence-electron chi connectivity index (χ1n) is 19.7. The summed E-state index contributed by atoms with van der Waals surface area (Å²) >= 11 is 0. The molecule has 6 bridgehead atoms. The van der Waals surface area contributed by atoms with Gasteiger partial charge in [0.2, 0.25) is 0 Å². The molecule has 52 heavy (non-hydrogen) atoms. The van der Waals surface area contributed by atoms with Gasteiger partial charge in [0.1, 0.15) is 11.2 Å². The van der Waals surface area contributed by atoms with Gasteiger partial charge in [-0.25, -0.2) is 0 Å². The van der Waals surface area contributed by atoms with Crippen LogP contribution in [0.5, 0.6) is 5.75 Å².